The van der Waals surface area contributed by atoms with Gasteiger partial charge in [0.1, 0.15) is 0 Å². The van der Waals surface area contributed by atoms with Crippen LogP contribution in [-0.2, 0) is 0 Å². The molecule has 0 aliphatic rings. The Morgan fingerprint density at radius 1 is 1.36 bits per heavy atom. The van der Waals surface area contributed by atoms with Crippen molar-refractivity contribution >= 4 is 11.8 Å². The van der Waals surface area contributed by atoms with Crippen LogP contribution in [0.1, 0.15) is 40.0 Å². The van der Waals surface area contributed by atoms with Gasteiger partial charge in [0, 0.05) is 6.54 Å². The topological polar surface area (TPSA) is 46.2 Å². The van der Waals surface area contributed by atoms with Gasteiger partial charge in [-0.15, -0.1) is 0 Å². The van der Waals surface area contributed by atoms with E-state index in [1.54, 1.807) is 0 Å². The van der Waals surface area contributed by atoms with Crippen LogP contribution in [0.4, 0.5) is 0 Å². The SMILES string of the molecule is CC(C)CSCCCCC(C)(O)CN. The second-order valence-electron chi connectivity index (χ2n) is 4.63. The molecule has 0 rings (SSSR count). The zero-order valence-corrected chi connectivity index (χ0v) is 10.6. The van der Waals surface area contributed by atoms with E-state index >= 15 is 0 Å². The summed E-state index contributed by atoms with van der Waals surface area (Å²) in [5.74, 6) is 3.23. The average Bonchev–Trinajstić information content (AvgIpc) is 2.10. The molecule has 0 aromatic carbocycles. The lowest BCUT2D eigenvalue weighted by molar-refractivity contribution is 0.0577. The Labute approximate surface area is 92.6 Å². The van der Waals surface area contributed by atoms with Crippen LogP contribution < -0.4 is 5.73 Å². The van der Waals surface area contributed by atoms with Crippen molar-refractivity contribution in [1.29, 1.82) is 0 Å². The molecule has 1 atom stereocenters. The maximum Gasteiger partial charge on any atom is 0.0741 e. The van der Waals surface area contributed by atoms with E-state index in [2.05, 4.69) is 13.8 Å². The molecule has 1 unspecified atom stereocenters. The van der Waals surface area contributed by atoms with Gasteiger partial charge < -0.3 is 10.8 Å². The van der Waals surface area contributed by atoms with Crippen LogP contribution >= 0.6 is 11.8 Å². The third-order valence-electron chi connectivity index (χ3n) is 2.14. The summed E-state index contributed by atoms with van der Waals surface area (Å²) in [6.07, 6.45) is 3.09. The van der Waals surface area contributed by atoms with Gasteiger partial charge in [0.2, 0.25) is 0 Å². The second-order valence-corrected chi connectivity index (χ2v) is 5.78. The lowest BCUT2D eigenvalue weighted by Crippen LogP contribution is -2.33. The minimum atomic E-state index is -0.650. The fraction of sp³-hybridized carbons (Fsp3) is 1.00. The fourth-order valence-corrected chi connectivity index (χ4v) is 2.18. The van der Waals surface area contributed by atoms with Crippen molar-refractivity contribution in [2.75, 3.05) is 18.1 Å². The molecule has 3 N–H and O–H groups in total. The predicted octanol–water partition coefficient (Wildman–Crippen LogP) is 2.26. The minimum Gasteiger partial charge on any atom is -0.389 e. The highest BCUT2D eigenvalue weighted by molar-refractivity contribution is 7.99. The van der Waals surface area contributed by atoms with Gasteiger partial charge in [0.05, 0.1) is 5.60 Å². The van der Waals surface area contributed by atoms with Crippen molar-refractivity contribution in [3.05, 3.63) is 0 Å². The molecule has 0 radical (unpaired) electrons. The predicted molar refractivity (Wildman–Crippen MR) is 65.7 cm³/mol. The van der Waals surface area contributed by atoms with Crippen molar-refractivity contribution < 1.29 is 5.11 Å². The molecule has 0 bridgehead atoms. The maximum atomic E-state index is 9.64. The molecule has 0 saturated carbocycles. The Morgan fingerprint density at radius 3 is 2.50 bits per heavy atom. The highest BCUT2D eigenvalue weighted by Crippen LogP contribution is 2.15. The van der Waals surface area contributed by atoms with Crippen molar-refractivity contribution in [3.63, 3.8) is 0 Å². The smallest absolute Gasteiger partial charge is 0.0741 e. The molecule has 86 valence electrons. The standard InChI is InChI=1S/C11H25NOS/c1-10(2)8-14-7-5-4-6-11(3,13)9-12/h10,13H,4-9,12H2,1-3H3. The number of nitrogens with two attached hydrogens (primary N) is 1. The lowest BCUT2D eigenvalue weighted by atomic mass is 10.00. The van der Waals surface area contributed by atoms with Gasteiger partial charge in [0.25, 0.3) is 0 Å². The lowest BCUT2D eigenvalue weighted by Gasteiger charge is -2.20. The molecule has 14 heavy (non-hydrogen) atoms. The normalized spacial score (nSPS) is 15.9. The summed E-state index contributed by atoms with van der Waals surface area (Å²) >= 11 is 2.01. The van der Waals surface area contributed by atoms with Crippen molar-refractivity contribution in [1.82, 2.24) is 0 Å². The van der Waals surface area contributed by atoms with Gasteiger partial charge in [-0.05, 0) is 43.6 Å². The summed E-state index contributed by atoms with van der Waals surface area (Å²) in [7, 11) is 0. The molecular formula is C11H25NOS. The molecule has 2 nitrogen and oxygen atoms in total. The Hall–Kier alpha value is 0.270. The van der Waals surface area contributed by atoms with E-state index in [1.165, 1.54) is 17.9 Å². The summed E-state index contributed by atoms with van der Waals surface area (Å²) in [6, 6.07) is 0. The Morgan fingerprint density at radius 2 is 2.00 bits per heavy atom. The zero-order chi connectivity index (χ0) is 11.0. The van der Waals surface area contributed by atoms with Crippen LogP contribution in [0.15, 0.2) is 0 Å². The van der Waals surface area contributed by atoms with Crippen molar-refractivity contribution in [2.45, 2.75) is 45.6 Å². The number of hydrogen-bond acceptors (Lipinski definition) is 3. The average molecular weight is 219 g/mol. The first-order valence-corrected chi connectivity index (χ1v) is 6.63. The first kappa shape index (κ1) is 14.3. The van der Waals surface area contributed by atoms with Crippen LogP contribution in [0, 0.1) is 5.92 Å². The van der Waals surface area contributed by atoms with E-state index in [4.69, 9.17) is 5.73 Å². The molecule has 0 aliphatic carbocycles. The molecule has 3 heteroatoms. The molecule has 0 aliphatic heterocycles. The van der Waals surface area contributed by atoms with Gasteiger partial charge in [0.15, 0.2) is 0 Å². The first-order chi connectivity index (χ1) is 6.48. The quantitative estimate of drug-likeness (QED) is 0.616. The van der Waals surface area contributed by atoms with Gasteiger partial charge in [-0.2, -0.15) is 11.8 Å². The Bertz CT molecular complexity index is 137. The third-order valence-corrected chi connectivity index (χ3v) is 3.62. The molecule has 0 fully saturated rings. The fourth-order valence-electron chi connectivity index (χ4n) is 1.13. The van der Waals surface area contributed by atoms with E-state index in [-0.39, 0.29) is 0 Å². The largest absolute Gasteiger partial charge is 0.389 e. The first-order valence-electron chi connectivity index (χ1n) is 5.48. The number of rotatable bonds is 8. The Kier molecular flexibility index (Phi) is 7.69. The molecule has 0 amide bonds. The van der Waals surface area contributed by atoms with E-state index in [0.29, 0.717) is 6.54 Å². The summed E-state index contributed by atoms with van der Waals surface area (Å²) in [5.41, 5.74) is 4.78. The number of aliphatic hydroxyl groups is 1. The minimum absolute atomic E-state index is 0.367. The molecule has 0 saturated heterocycles. The van der Waals surface area contributed by atoms with Gasteiger partial charge in [-0.25, -0.2) is 0 Å². The molecule has 0 aromatic heterocycles. The maximum absolute atomic E-state index is 9.64. The summed E-state index contributed by atoms with van der Waals surface area (Å²) < 4.78 is 0. The van der Waals surface area contributed by atoms with E-state index in [9.17, 15) is 5.11 Å². The highest BCUT2D eigenvalue weighted by Gasteiger charge is 2.16. The van der Waals surface area contributed by atoms with Crippen LogP contribution in [0.2, 0.25) is 0 Å². The van der Waals surface area contributed by atoms with Gasteiger partial charge >= 0.3 is 0 Å². The number of thioether (sulfide) groups is 1. The third kappa shape index (κ3) is 8.85. The van der Waals surface area contributed by atoms with Gasteiger partial charge in [-0.1, -0.05) is 13.8 Å². The van der Waals surface area contributed by atoms with Crippen LogP contribution in [0.25, 0.3) is 0 Å². The molecule has 0 heterocycles. The van der Waals surface area contributed by atoms with Crippen LogP contribution in [-0.4, -0.2) is 28.8 Å². The molecule has 0 aromatic rings. The summed E-state index contributed by atoms with van der Waals surface area (Å²) in [4.78, 5) is 0. The Balaban J connectivity index is 3.21. The number of unbranched alkanes of at least 4 members (excludes halogenated alkanes) is 1. The van der Waals surface area contributed by atoms with Crippen molar-refractivity contribution in [3.8, 4) is 0 Å². The van der Waals surface area contributed by atoms with Crippen molar-refractivity contribution in [2.24, 2.45) is 11.7 Å². The van der Waals surface area contributed by atoms with E-state index in [0.717, 1.165) is 18.8 Å². The highest BCUT2D eigenvalue weighted by atomic mass is 32.2. The second kappa shape index (κ2) is 7.55. The zero-order valence-electron chi connectivity index (χ0n) is 9.75. The number of hydrogen-bond donors (Lipinski definition) is 2. The summed E-state index contributed by atoms with van der Waals surface area (Å²) in [5, 5.41) is 9.64. The molecule has 0 spiro atoms. The summed E-state index contributed by atoms with van der Waals surface area (Å²) in [6.45, 7) is 6.67. The van der Waals surface area contributed by atoms with E-state index in [1.807, 2.05) is 18.7 Å². The van der Waals surface area contributed by atoms with Crippen LogP contribution in [0.3, 0.4) is 0 Å². The van der Waals surface area contributed by atoms with E-state index < -0.39 is 5.60 Å². The monoisotopic (exact) mass is 219 g/mol. The van der Waals surface area contributed by atoms with Gasteiger partial charge in [-0.3, -0.25) is 0 Å². The molecular weight excluding hydrogens is 194 g/mol. The van der Waals surface area contributed by atoms with Crippen LogP contribution in [0.5, 0.6) is 0 Å².